The van der Waals surface area contributed by atoms with Crippen LogP contribution in [0.4, 0.5) is 4.39 Å². The SMILES string of the molecule is CCNCc1cccc(F)c1OCc1nccs1. The van der Waals surface area contributed by atoms with Crippen molar-refractivity contribution in [2.24, 2.45) is 0 Å². The van der Waals surface area contributed by atoms with E-state index in [9.17, 15) is 4.39 Å². The number of hydrogen-bond acceptors (Lipinski definition) is 4. The van der Waals surface area contributed by atoms with Gasteiger partial charge in [0.05, 0.1) is 0 Å². The van der Waals surface area contributed by atoms with E-state index in [1.807, 2.05) is 18.4 Å². The number of ether oxygens (including phenoxy) is 1. The van der Waals surface area contributed by atoms with Gasteiger partial charge in [-0.25, -0.2) is 9.37 Å². The molecule has 0 unspecified atom stereocenters. The zero-order valence-electron chi connectivity index (χ0n) is 10.1. The molecular formula is C13H15FN2OS. The molecule has 18 heavy (non-hydrogen) atoms. The van der Waals surface area contributed by atoms with Crippen LogP contribution in [-0.4, -0.2) is 11.5 Å². The van der Waals surface area contributed by atoms with Crippen molar-refractivity contribution >= 4 is 11.3 Å². The smallest absolute Gasteiger partial charge is 0.165 e. The number of halogens is 1. The molecular weight excluding hydrogens is 251 g/mol. The molecule has 3 nitrogen and oxygen atoms in total. The summed E-state index contributed by atoms with van der Waals surface area (Å²) in [5.74, 6) is -0.0180. The van der Waals surface area contributed by atoms with Crippen molar-refractivity contribution < 1.29 is 9.13 Å². The number of benzene rings is 1. The average Bonchev–Trinajstić information content (AvgIpc) is 2.88. The number of thiazole rings is 1. The molecule has 1 aromatic heterocycles. The fraction of sp³-hybridized carbons (Fsp3) is 0.308. The standard InChI is InChI=1S/C13H15FN2OS/c1-2-15-8-10-4-3-5-11(14)13(10)17-9-12-16-6-7-18-12/h3-7,15H,2,8-9H2,1H3. The normalized spacial score (nSPS) is 10.6. The maximum atomic E-state index is 13.7. The summed E-state index contributed by atoms with van der Waals surface area (Å²) >= 11 is 1.50. The van der Waals surface area contributed by atoms with Crippen LogP contribution in [0, 0.1) is 5.82 Å². The summed E-state index contributed by atoms with van der Waals surface area (Å²) in [5.41, 5.74) is 0.827. The molecule has 0 radical (unpaired) electrons. The van der Waals surface area contributed by atoms with E-state index >= 15 is 0 Å². The molecule has 2 aromatic rings. The van der Waals surface area contributed by atoms with Gasteiger partial charge in [-0.2, -0.15) is 0 Å². The molecule has 1 aromatic carbocycles. The van der Waals surface area contributed by atoms with Gasteiger partial charge in [0, 0.05) is 23.7 Å². The summed E-state index contributed by atoms with van der Waals surface area (Å²) in [6.07, 6.45) is 1.71. The second-order valence-corrected chi connectivity index (χ2v) is 4.70. The summed E-state index contributed by atoms with van der Waals surface area (Å²) in [5, 5.41) is 5.88. The number of nitrogens with one attached hydrogen (secondary N) is 1. The van der Waals surface area contributed by atoms with Gasteiger partial charge in [-0.3, -0.25) is 0 Å². The van der Waals surface area contributed by atoms with Crippen LogP contribution in [0.25, 0.3) is 0 Å². The number of para-hydroxylation sites is 1. The Morgan fingerprint density at radius 1 is 1.44 bits per heavy atom. The summed E-state index contributed by atoms with van der Waals surface area (Å²) in [6, 6.07) is 4.97. The first-order valence-electron chi connectivity index (χ1n) is 5.80. The van der Waals surface area contributed by atoms with Crippen LogP contribution in [0.5, 0.6) is 5.75 Å². The minimum Gasteiger partial charge on any atom is -0.483 e. The quantitative estimate of drug-likeness (QED) is 0.873. The van der Waals surface area contributed by atoms with Gasteiger partial charge >= 0.3 is 0 Å². The number of nitrogens with zero attached hydrogens (tertiary/aromatic N) is 1. The van der Waals surface area contributed by atoms with Crippen molar-refractivity contribution in [3.63, 3.8) is 0 Å². The van der Waals surface area contributed by atoms with E-state index in [0.717, 1.165) is 17.1 Å². The highest BCUT2D eigenvalue weighted by Crippen LogP contribution is 2.24. The van der Waals surface area contributed by atoms with Crippen molar-refractivity contribution in [1.82, 2.24) is 10.3 Å². The van der Waals surface area contributed by atoms with Crippen molar-refractivity contribution in [3.8, 4) is 5.75 Å². The minimum atomic E-state index is -0.332. The van der Waals surface area contributed by atoms with Gasteiger partial charge in [0.2, 0.25) is 0 Å². The summed E-state index contributed by atoms with van der Waals surface area (Å²) in [6.45, 7) is 3.75. The molecule has 1 N–H and O–H groups in total. The van der Waals surface area contributed by atoms with Crippen LogP contribution < -0.4 is 10.1 Å². The third-order valence-corrected chi connectivity index (χ3v) is 3.19. The molecule has 0 saturated heterocycles. The molecule has 0 aliphatic rings. The van der Waals surface area contributed by atoms with E-state index in [2.05, 4.69) is 10.3 Å². The van der Waals surface area contributed by atoms with Crippen LogP contribution >= 0.6 is 11.3 Å². The van der Waals surface area contributed by atoms with Crippen LogP contribution in [-0.2, 0) is 13.2 Å². The monoisotopic (exact) mass is 266 g/mol. The van der Waals surface area contributed by atoms with E-state index in [-0.39, 0.29) is 5.82 Å². The zero-order valence-corrected chi connectivity index (χ0v) is 11.0. The topological polar surface area (TPSA) is 34.1 Å². The van der Waals surface area contributed by atoms with Crippen LogP contribution in [0.3, 0.4) is 0 Å². The fourth-order valence-corrected chi connectivity index (χ4v) is 2.10. The molecule has 0 saturated carbocycles. The molecule has 0 amide bonds. The predicted molar refractivity (Wildman–Crippen MR) is 70.2 cm³/mol. The molecule has 0 aliphatic heterocycles. The largest absolute Gasteiger partial charge is 0.483 e. The van der Waals surface area contributed by atoms with Crippen LogP contribution in [0.1, 0.15) is 17.5 Å². The van der Waals surface area contributed by atoms with Crippen molar-refractivity contribution in [1.29, 1.82) is 0 Å². The lowest BCUT2D eigenvalue weighted by molar-refractivity contribution is 0.285. The second kappa shape index (κ2) is 6.47. The lowest BCUT2D eigenvalue weighted by Gasteiger charge is -2.11. The Labute approximate surface area is 110 Å². The van der Waals surface area contributed by atoms with E-state index in [1.165, 1.54) is 17.4 Å². The highest BCUT2D eigenvalue weighted by molar-refractivity contribution is 7.09. The Morgan fingerprint density at radius 3 is 3.06 bits per heavy atom. The summed E-state index contributed by atoms with van der Waals surface area (Å²) in [4.78, 5) is 4.11. The van der Waals surface area contributed by atoms with Gasteiger partial charge < -0.3 is 10.1 Å². The second-order valence-electron chi connectivity index (χ2n) is 3.72. The van der Waals surface area contributed by atoms with Crippen LogP contribution in [0.2, 0.25) is 0 Å². The fourth-order valence-electron chi connectivity index (χ4n) is 1.57. The van der Waals surface area contributed by atoms with Gasteiger partial charge in [0.15, 0.2) is 11.6 Å². The Bertz CT molecular complexity index is 488. The molecule has 0 bridgehead atoms. The van der Waals surface area contributed by atoms with Gasteiger partial charge in [-0.05, 0) is 12.6 Å². The minimum absolute atomic E-state index is 0.303. The molecule has 0 atom stereocenters. The van der Waals surface area contributed by atoms with Crippen molar-refractivity contribution in [2.45, 2.75) is 20.1 Å². The predicted octanol–water partition coefficient (Wildman–Crippen LogP) is 2.97. The first-order valence-corrected chi connectivity index (χ1v) is 6.68. The molecule has 0 aliphatic carbocycles. The maximum Gasteiger partial charge on any atom is 0.165 e. The molecule has 1 heterocycles. The Morgan fingerprint density at radius 2 is 2.33 bits per heavy atom. The average molecular weight is 266 g/mol. The first-order chi connectivity index (χ1) is 8.81. The summed E-state index contributed by atoms with van der Waals surface area (Å²) in [7, 11) is 0. The third-order valence-electron chi connectivity index (χ3n) is 2.44. The molecule has 2 rings (SSSR count). The molecule has 5 heteroatoms. The number of aromatic nitrogens is 1. The van der Waals surface area contributed by atoms with Crippen LogP contribution in [0.15, 0.2) is 29.8 Å². The third kappa shape index (κ3) is 3.27. The highest BCUT2D eigenvalue weighted by atomic mass is 32.1. The Kier molecular flexibility index (Phi) is 4.66. The van der Waals surface area contributed by atoms with E-state index in [4.69, 9.17) is 4.74 Å². The maximum absolute atomic E-state index is 13.7. The first kappa shape index (κ1) is 13.0. The number of rotatable bonds is 6. The van der Waals surface area contributed by atoms with E-state index in [0.29, 0.717) is 18.9 Å². The Balaban J connectivity index is 2.09. The lowest BCUT2D eigenvalue weighted by Crippen LogP contribution is -2.13. The Hall–Kier alpha value is -1.46. The van der Waals surface area contributed by atoms with Gasteiger partial charge in [0.1, 0.15) is 11.6 Å². The van der Waals surface area contributed by atoms with Gasteiger partial charge in [-0.15, -0.1) is 11.3 Å². The van der Waals surface area contributed by atoms with Gasteiger partial charge in [-0.1, -0.05) is 19.1 Å². The summed E-state index contributed by atoms with van der Waals surface area (Å²) < 4.78 is 19.3. The molecule has 0 fully saturated rings. The zero-order chi connectivity index (χ0) is 12.8. The van der Waals surface area contributed by atoms with E-state index in [1.54, 1.807) is 12.3 Å². The highest BCUT2D eigenvalue weighted by Gasteiger charge is 2.10. The van der Waals surface area contributed by atoms with Crippen molar-refractivity contribution in [3.05, 3.63) is 46.2 Å². The molecule has 0 spiro atoms. The molecule has 96 valence electrons. The van der Waals surface area contributed by atoms with Gasteiger partial charge in [0.25, 0.3) is 0 Å². The van der Waals surface area contributed by atoms with E-state index < -0.39 is 0 Å². The van der Waals surface area contributed by atoms with Crippen molar-refractivity contribution in [2.75, 3.05) is 6.54 Å². The number of hydrogen-bond donors (Lipinski definition) is 1. The lowest BCUT2D eigenvalue weighted by atomic mass is 10.2.